The van der Waals surface area contributed by atoms with E-state index in [4.69, 9.17) is 4.52 Å². The lowest BCUT2D eigenvalue weighted by atomic mass is 10.2. The fourth-order valence-electron chi connectivity index (χ4n) is 1.43. The molecule has 1 aliphatic carbocycles. The zero-order valence-corrected chi connectivity index (χ0v) is 8.99. The molecule has 0 aromatic carbocycles. The Morgan fingerprint density at radius 1 is 1.58 bits per heavy atom. The van der Waals surface area contributed by atoms with Crippen LogP contribution >= 0.6 is 9.47 Å². The van der Waals surface area contributed by atoms with Crippen LogP contribution in [0.15, 0.2) is 0 Å². The lowest BCUT2D eigenvalue weighted by molar-refractivity contribution is 0.329. The van der Waals surface area contributed by atoms with E-state index in [1.54, 1.807) is 0 Å². The van der Waals surface area contributed by atoms with Crippen molar-refractivity contribution in [3.63, 3.8) is 0 Å². The van der Waals surface area contributed by atoms with E-state index in [9.17, 15) is 0 Å². The van der Waals surface area contributed by atoms with Crippen molar-refractivity contribution in [2.75, 3.05) is 0 Å². The SMILES string of the molecule is CC[C@H]1C[C@@H]1CC#CC(C)OP. The summed E-state index contributed by atoms with van der Waals surface area (Å²) in [5, 5.41) is 0. The van der Waals surface area contributed by atoms with Gasteiger partial charge in [-0.15, -0.1) is 5.92 Å². The molecule has 2 heteroatoms. The Morgan fingerprint density at radius 2 is 2.33 bits per heavy atom. The van der Waals surface area contributed by atoms with Crippen molar-refractivity contribution in [3.05, 3.63) is 0 Å². The van der Waals surface area contributed by atoms with Crippen molar-refractivity contribution in [1.29, 1.82) is 0 Å². The molecule has 2 unspecified atom stereocenters. The number of hydrogen-bond donors (Lipinski definition) is 0. The molecular weight excluding hydrogens is 167 g/mol. The van der Waals surface area contributed by atoms with Crippen LogP contribution in [0.1, 0.15) is 33.1 Å². The largest absolute Gasteiger partial charge is 0.350 e. The average Bonchev–Trinajstić information content (AvgIpc) is 2.83. The van der Waals surface area contributed by atoms with Gasteiger partial charge in [0.25, 0.3) is 0 Å². The van der Waals surface area contributed by atoms with E-state index in [0.717, 1.165) is 18.3 Å². The van der Waals surface area contributed by atoms with Gasteiger partial charge in [0, 0.05) is 15.9 Å². The first-order chi connectivity index (χ1) is 5.77. The summed E-state index contributed by atoms with van der Waals surface area (Å²) in [6.45, 7) is 4.22. The maximum atomic E-state index is 4.95. The molecule has 1 rings (SSSR count). The highest BCUT2D eigenvalue weighted by Crippen LogP contribution is 2.43. The Bertz CT molecular complexity index is 192. The van der Waals surface area contributed by atoms with E-state index >= 15 is 0 Å². The Hall–Kier alpha value is -0.0500. The van der Waals surface area contributed by atoms with Crippen LogP contribution in [0.2, 0.25) is 0 Å². The molecule has 0 aliphatic heterocycles. The molecule has 0 radical (unpaired) electrons. The van der Waals surface area contributed by atoms with E-state index in [-0.39, 0.29) is 6.10 Å². The summed E-state index contributed by atoms with van der Waals surface area (Å²) in [5.74, 6) is 8.08. The van der Waals surface area contributed by atoms with Crippen molar-refractivity contribution in [3.8, 4) is 11.8 Å². The predicted octanol–water partition coefficient (Wildman–Crippen LogP) is 2.62. The molecule has 0 N–H and O–H groups in total. The minimum absolute atomic E-state index is 0.0637. The molecule has 0 saturated heterocycles. The highest BCUT2D eigenvalue weighted by atomic mass is 31.0. The lowest BCUT2D eigenvalue weighted by Gasteiger charge is -1.96. The quantitative estimate of drug-likeness (QED) is 0.484. The third-order valence-electron chi connectivity index (χ3n) is 2.47. The molecule has 0 heterocycles. The Balaban J connectivity index is 2.12. The fourth-order valence-corrected chi connectivity index (χ4v) is 1.50. The van der Waals surface area contributed by atoms with Crippen LogP contribution in [0.5, 0.6) is 0 Å². The van der Waals surface area contributed by atoms with Crippen molar-refractivity contribution in [2.24, 2.45) is 11.8 Å². The first kappa shape index (κ1) is 10.0. The summed E-state index contributed by atoms with van der Waals surface area (Å²) in [4.78, 5) is 0. The van der Waals surface area contributed by atoms with Gasteiger partial charge in [0.1, 0.15) is 6.10 Å². The number of rotatable bonds is 3. The second-order valence-corrected chi connectivity index (χ2v) is 3.74. The molecule has 68 valence electrons. The molecule has 4 atom stereocenters. The Labute approximate surface area is 77.5 Å². The van der Waals surface area contributed by atoms with E-state index in [2.05, 4.69) is 28.2 Å². The van der Waals surface area contributed by atoms with Gasteiger partial charge in [0.2, 0.25) is 0 Å². The third kappa shape index (κ3) is 3.13. The van der Waals surface area contributed by atoms with Crippen LogP contribution in [0.25, 0.3) is 0 Å². The standard InChI is InChI=1S/C10H17OP/c1-3-9-7-10(9)6-4-5-8(2)11-12/h8-10H,3,6-7,12H2,1-2H3/t8?,9-,10-/m0/s1. The Morgan fingerprint density at radius 3 is 2.83 bits per heavy atom. The highest BCUT2D eigenvalue weighted by molar-refractivity contribution is 7.09. The molecule has 1 saturated carbocycles. The molecule has 0 amide bonds. The van der Waals surface area contributed by atoms with E-state index in [0.29, 0.717) is 0 Å². The first-order valence-electron chi connectivity index (χ1n) is 4.61. The lowest BCUT2D eigenvalue weighted by Crippen LogP contribution is -1.95. The van der Waals surface area contributed by atoms with Crippen LogP contribution in [0.3, 0.4) is 0 Å². The maximum Gasteiger partial charge on any atom is 0.118 e. The molecule has 0 aromatic heterocycles. The van der Waals surface area contributed by atoms with Gasteiger partial charge in [-0.2, -0.15) is 0 Å². The zero-order valence-electron chi connectivity index (χ0n) is 7.84. The summed E-state index contributed by atoms with van der Waals surface area (Å²) in [6.07, 6.45) is 3.84. The van der Waals surface area contributed by atoms with Gasteiger partial charge in [0.05, 0.1) is 0 Å². The molecule has 1 aliphatic rings. The molecule has 0 spiro atoms. The zero-order chi connectivity index (χ0) is 8.97. The van der Waals surface area contributed by atoms with Crippen LogP contribution < -0.4 is 0 Å². The second kappa shape index (κ2) is 4.85. The Kier molecular flexibility index (Phi) is 4.06. The van der Waals surface area contributed by atoms with Crippen molar-refractivity contribution in [2.45, 2.75) is 39.2 Å². The molecule has 1 fully saturated rings. The third-order valence-corrected chi connectivity index (χ3v) is 2.88. The topological polar surface area (TPSA) is 9.23 Å². The van der Waals surface area contributed by atoms with Gasteiger partial charge in [0.15, 0.2) is 0 Å². The first-order valence-corrected chi connectivity index (χ1v) is 5.09. The fraction of sp³-hybridized carbons (Fsp3) is 0.800. The minimum atomic E-state index is 0.0637. The highest BCUT2D eigenvalue weighted by Gasteiger charge is 2.33. The summed E-state index contributed by atoms with van der Waals surface area (Å²) in [7, 11) is 2.24. The molecule has 0 aromatic rings. The van der Waals surface area contributed by atoms with Crippen LogP contribution in [0.4, 0.5) is 0 Å². The summed E-state index contributed by atoms with van der Waals surface area (Å²) >= 11 is 0. The normalized spacial score (nSPS) is 28.9. The van der Waals surface area contributed by atoms with E-state index < -0.39 is 0 Å². The van der Waals surface area contributed by atoms with Crippen molar-refractivity contribution in [1.82, 2.24) is 0 Å². The summed E-state index contributed by atoms with van der Waals surface area (Å²) in [5.41, 5.74) is 0. The molecule has 0 bridgehead atoms. The number of hydrogen-bond acceptors (Lipinski definition) is 1. The van der Waals surface area contributed by atoms with Crippen molar-refractivity contribution >= 4 is 9.47 Å². The van der Waals surface area contributed by atoms with Crippen LogP contribution in [-0.2, 0) is 4.52 Å². The molecule has 1 nitrogen and oxygen atoms in total. The summed E-state index contributed by atoms with van der Waals surface area (Å²) in [6, 6.07) is 0. The van der Waals surface area contributed by atoms with Crippen LogP contribution in [0, 0.1) is 23.7 Å². The minimum Gasteiger partial charge on any atom is -0.350 e. The summed E-state index contributed by atoms with van der Waals surface area (Å²) < 4.78 is 4.95. The predicted molar refractivity (Wildman–Crippen MR) is 54.5 cm³/mol. The van der Waals surface area contributed by atoms with Gasteiger partial charge in [-0.05, 0) is 25.2 Å². The molecule has 12 heavy (non-hydrogen) atoms. The van der Waals surface area contributed by atoms with Gasteiger partial charge in [-0.3, -0.25) is 0 Å². The average molecular weight is 184 g/mol. The maximum absolute atomic E-state index is 4.95. The van der Waals surface area contributed by atoms with Crippen molar-refractivity contribution < 1.29 is 4.52 Å². The van der Waals surface area contributed by atoms with E-state index in [1.807, 2.05) is 6.92 Å². The van der Waals surface area contributed by atoms with Gasteiger partial charge >= 0.3 is 0 Å². The van der Waals surface area contributed by atoms with Gasteiger partial charge < -0.3 is 4.52 Å². The second-order valence-electron chi connectivity index (χ2n) is 3.47. The van der Waals surface area contributed by atoms with E-state index in [1.165, 1.54) is 12.8 Å². The smallest absolute Gasteiger partial charge is 0.118 e. The molecular formula is C10H17OP. The van der Waals surface area contributed by atoms with Gasteiger partial charge in [-0.25, -0.2) is 0 Å². The van der Waals surface area contributed by atoms with Crippen LogP contribution in [-0.4, -0.2) is 6.10 Å². The monoisotopic (exact) mass is 184 g/mol. The van der Waals surface area contributed by atoms with Gasteiger partial charge in [-0.1, -0.05) is 19.3 Å².